The Morgan fingerprint density at radius 2 is 1.91 bits per heavy atom. The van der Waals surface area contributed by atoms with Crippen molar-refractivity contribution in [3.8, 4) is 0 Å². The van der Waals surface area contributed by atoms with E-state index >= 15 is 0 Å². The van der Waals surface area contributed by atoms with Gasteiger partial charge >= 0.3 is 0 Å². The van der Waals surface area contributed by atoms with Crippen LogP contribution < -0.4 is 10.2 Å². The van der Waals surface area contributed by atoms with Crippen molar-refractivity contribution in [3.63, 3.8) is 0 Å². The second kappa shape index (κ2) is 4.86. The van der Waals surface area contributed by atoms with Crippen LogP contribution in [0.3, 0.4) is 0 Å². The maximum atomic E-state index is 12.8. The topological polar surface area (TPSA) is 49.4 Å². The summed E-state index contributed by atoms with van der Waals surface area (Å²) in [6, 6.07) is 15.0. The Labute approximate surface area is 140 Å². The average Bonchev–Trinajstić information content (AvgIpc) is 3.00. The molecule has 2 aromatic carbocycles. The lowest BCUT2D eigenvalue weighted by molar-refractivity contribution is -0.122. The number of nitrogens with one attached hydrogen (secondary N) is 1. The van der Waals surface area contributed by atoms with Gasteiger partial charge in [-0.3, -0.25) is 14.5 Å². The van der Waals surface area contributed by atoms with Crippen LogP contribution in [0, 0.1) is 0 Å². The molecule has 4 rings (SSSR count). The summed E-state index contributed by atoms with van der Waals surface area (Å²) < 4.78 is 0.884. The molecule has 2 aliphatic heterocycles. The molecular formula is C16H11BrN2O2S. The molecule has 0 radical (unpaired) electrons. The number of anilines is 2. The van der Waals surface area contributed by atoms with Crippen molar-refractivity contribution in [3.05, 3.63) is 58.6 Å². The predicted octanol–water partition coefficient (Wildman–Crippen LogP) is 3.33. The smallest absolute Gasteiger partial charge is 0.266 e. The normalized spacial score (nSPS) is 23.0. The van der Waals surface area contributed by atoms with Gasteiger partial charge in [0.2, 0.25) is 10.8 Å². The van der Waals surface area contributed by atoms with Gasteiger partial charge in [-0.1, -0.05) is 34.1 Å². The van der Waals surface area contributed by atoms with E-state index in [0.29, 0.717) is 0 Å². The minimum atomic E-state index is -1.02. The lowest BCUT2D eigenvalue weighted by Gasteiger charge is -2.32. The van der Waals surface area contributed by atoms with Gasteiger partial charge in [0, 0.05) is 21.4 Å². The summed E-state index contributed by atoms with van der Waals surface area (Å²) in [5, 5.41) is 2.90. The minimum Gasteiger partial charge on any atom is -0.323 e. The number of amides is 2. The van der Waals surface area contributed by atoms with Crippen molar-refractivity contribution in [2.24, 2.45) is 0 Å². The second-order valence-corrected chi connectivity index (χ2v) is 7.23. The summed E-state index contributed by atoms with van der Waals surface area (Å²) in [7, 11) is 0. The summed E-state index contributed by atoms with van der Waals surface area (Å²) in [6.07, 6.45) is 0. The van der Waals surface area contributed by atoms with Crippen LogP contribution in [0.4, 0.5) is 11.4 Å². The molecule has 0 aromatic heterocycles. The van der Waals surface area contributed by atoms with Crippen molar-refractivity contribution < 1.29 is 9.59 Å². The number of rotatable bonds is 1. The van der Waals surface area contributed by atoms with E-state index in [-0.39, 0.29) is 17.6 Å². The third-order valence-electron chi connectivity index (χ3n) is 3.89. The van der Waals surface area contributed by atoms with E-state index in [1.54, 1.807) is 4.90 Å². The number of hydrogen-bond acceptors (Lipinski definition) is 3. The molecule has 2 aromatic rings. The van der Waals surface area contributed by atoms with E-state index in [9.17, 15) is 9.59 Å². The zero-order chi connectivity index (χ0) is 15.3. The molecule has 22 heavy (non-hydrogen) atoms. The third kappa shape index (κ3) is 1.77. The van der Waals surface area contributed by atoms with Crippen molar-refractivity contribution >= 4 is 50.9 Å². The zero-order valence-electron chi connectivity index (χ0n) is 11.4. The Kier molecular flexibility index (Phi) is 3.06. The van der Waals surface area contributed by atoms with Crippen LogP contribution in [-0.2, 0) is 14.5 Å². The molecule has 2 heterocycles. The monoisotopic (exact) mass is 374 g/mol. The van der Waals surface area contributed by atoms with E-state index in [4.69, 9.17) is 0 Å². The van der Waals surface area contributed by atoms with Crippen LogP contribution in [0.2, 0.25) is 0 Å². The van der Waals surface area contributed by atoms with E-state index in [0.717, 1.165) is 21.4 Å². The van der Waals surface area contributed by atoms with Crippen molar-refractivity contribution in [1.82, 2.24) is 0 Å². The molecule has 0 aliphatic carbocycles. The van der Waals surface area contributed by atoms with Crippen LogP contribution in [0.5, 0.6) is 0 Å². The predicted molar refractivity (Wildman–Crippen MR) is 90.8 cm³/mol. The molecule has 110 valence electrons. The molecule has 2 aliphatic rings. The van der Waals surface area contributed by atoms with Crippen LogP contribution in [0.15, 0.2) is 53.0 Å². The van der Waals surface area contributed by atoms with Crippen LogP contribution in [0.1, 0.15) is 5.56 Å². The van der Waals surface area contributed by atoms with Crippen molar-refractivity contribution in [2.45, 2.75) is 4.87 Å². The molecule has 0 saturated carbocycles. The number of thioether (sulfide) groups is 1. The Bertz CT molecular complexity index is 796. The van der Waals surface area contributed by atoms with Crippen LogP contribution >= 0.6 is 27.7 Å². The average molecular weight is 375 g/mol. The molecule has 6 heteroatoms. The fourth-order valence-electron chi connectivity index (χ4n) is 2.97. The third-order valence-corrected chi connectivity index (χ3v) is 5.78. The van der Waals surface area contributed by atoms with Gasteiger partial charge in [0.1, 0.15) is 0 Å². The van der Waals surface area contributed by atoms with Crippen LogP contribution in [-0.4, -0.2) is 17.6 Å². The SMILES string of the molecule is O=C1CS[C@]2(C(=O)Nc3ccc(Br)cc32)N1c1ccccc1. The minimum absolute atomic E-state index is 0.0563. The number of nitrogens with zero attached hydrogens (tertiary/aromatic N) is 1. The molecule has 0 bridgehead atoms. The zero-order valence-corrected chi connectivity index (χ0v) is 13.8. The first-order chi connectivity index (χ1) is 10.6. The highest BCUT2D eigenvalue weighted by atomic mass is 79.9. The highest BCUT2D eigenvalue weighted by Gasteiger charge is 2.58. The summed E-state index contributed by atoms with van der Waals surface area (Å²) in [5.74, 6) is 0.0633. The Morgan fingerprint density at radius 3 is 2.68 bits per heavy atom. The number of fused-ring (bicyclic) bond motifs is 2. The number of carbonyl (C=O) groups is 2. The van der Waals surface area contributed by atoms with E-state index in [2.05, 4.69) is 21.2 Å². The molecule has 1 spiro atoms. The number of carbonyl (C=O) groups excluding carboxylic acids is 2. The summed E-state index contributed by atoms with van der Waals surface area (Å²) in [6.45, 7) is 0. The molecule has 2 amide bonds. The standard InChI is InChI=1S/C16H11BrN2O2S/c17-10-6-7-13-12(8-10)16(15(21)18-13)19(14(20)9-22-16)11-4-2-1-3-5-11/h1-8H,9H2,(H,18,21)/t16-/m1/s1. The molecule has 0 unspecified atom stereocenters. The van der Waals surface area contributed by atoms with E-state index in [1.165, 1.54) is 11.8 Å². The Morgan fingerprint density at radius 1 is 1.14 bits per heavy atom. The first kappa shape index (κ1) is 13.8. The van der Waals surface area contributed by atoms with Crippen LogP contribution in [0.25, 0.3) is 0 Å². The lowest BCUT2D eigenvalue weighted by Crippen LogP contribution is -2.47. The number of para-hydroxylation sites is 1. The lowest BCUT2D eigenvalue weighted by atomic mass is 10.0. The molecule has 1 atom stereocenters. The largest absolute Gasteiger partial charge is 0.323 e. The quantitative estimate of drug-likeness (QED) is 0.832. The van der Waals surface area contributed by atoms with Gasteiger partial charge in [0.05, 0.1) is 5.75 Å². The summed E-state index contributed by atoms with van der Waals surface area (Å²) in [5.41, 5.74) is 2.32. The van der Waals surface area contributed by atoms with Gasteiger partial charge in [-0.2, -0.15) is 0 Å². The van der Waals surface area contributed by atoms with Gasteiger partial charge in [-0.25, -0.2) is 0 Å². The summed E-state index contributed by atoms with van der Waals surface area (Å²) in [4.78, 5) is 25.8. The molecular weight excluding hydrogens is 364 g/mol. The van der Waals surface area contributed by atoms with Crippen molar-refractivity contribution in [1.29, 1.82) is 0 Å². The fourth-order valence-corrected chi connectivity index (χ4v) is 4.64. The highest BCUT2D eigenvalue weighted by molar-refractivity contribution is 9.10. The number of benzene rings is 2. The van der Waals surface area contributed by atoms with Gasteiger partial charge in [-0.05, 0) is 30.3 Å². The van der Waals surface area contributed by atoms with E-state index in [1.807, 2.05) is 48.5 Å². The second-order valence-electron chi connectivity index (χ2n) is 5.14. The molecule has 1 fully saturated rings. The van der Waals surface area contributed by atoms with Gasteiger partial charge in [0.25, 0.3) is 5.91 Å². The number of halogens is 1. The molecule has 1 saturated heterocycles. The van der Waals surface area contributed by atoms with Gasteiger partial charge in [-0.15, -0.1) is 11.8 Å². The first-order valence-corrected chi connectivity index (χ1v) is 8.54. The van der Waals surface area contributed by atoms with E-state index < -0.39 is 4.87 Å². The fraction of sp³-hybridized carbons (Fsp3) is 0.125. The molecule has 4 nitrogen and oxygen atoms in total. The Balaban J connectivity index is 1.95. The highest BCUT2D eigenvalue weighted by Crippen LogP contribution is 2.53. The van der Waals surface area contributed by atoms with Gasteiger partial charge < -0.3 is 5.32 Å². The first-order valence-electron chi connectivity index (χ1n) is 6.76. The number of hydrogen-bond donors (Lipinski definition) is 1. The van der Waals surface area contributed by atoms with Gasteiger partial charge in [0.15, 0.2) is 0 Å². The van der Waals surface area contributed by atoms with Crippen molar-refractivity contribution in [2.75, 3.05) is 16.0 Å². The Hall–Kier alpha value is -1.79. The maximum Gasteiger partial charge on any atom is 0.266 e. The summed E-state index contributed by atoms with van der Waals surface area (Å²) >= 11 is 4.82. The maximum absolute atomic E-state index is 12.8. The molecule has 1 N–H and O–H groups in total.